The molecule has 0 saturated heterocycles. The first-order valence-electron chi connectivity index (χ1n) is 8.51. The van der Waals surface area contributed by atoms with E-state index in [0.29, 0.717) is 23.4 Å². The molecular weight excluding hydrogens is 316 g/mol. The first-order valence-corrected chi connectivity index (χ1v) is 8.51. The molecule has 0 spiro atoms. The van der Waals surface area contributed by atoms with Crippen molar-refractivity contribution in [1.82, 2.24) is 10.2 Å². The smallest absolute Gasteiger partial charge is 0.343 e. The van der Waals surface area contributed by atoms with Gasteiger partial charge < -0.3 is 15.0 Å². The summed E-state index contributed by atoms with van der Waals surface area (Å²) in [5.74, 6) is -0.140. The second-order valence-electron chi connectivity index (χ2n) is 5.56. The van der Waals surface area contributed by atoms with Crippen LogP contribution >= 0.6 is 0 Å². The zero-order chi connectivity index (χ0) is 18.1. The van der Waals surface area contributed by atoms with Gasteiger partial charge in [-0.1, -0.05) is 32.0 Å². The van der Waals surface area contributed by atoms with Gasteiger partial charge in [-0.3, -0.25) is 4.79 Å². The molecule has 0 aromatic heterocycles. The molecule has 25 heavy (non-hydrogen) atoms. The summed E-state index contributed by atoms with van der Waals surface area (Å²) in [6, 6.07) is 15.3. The summed E-state index contributed by atoms with van der Waals surface area (Å²) in [7, 11) is 0. The molecule has 0 fully saturated rings. The normalized spacial score (nSPS) is 10.5. The van der Waals surface area contributed by atoms with Crippen LogP contribution < -0.4 is 10.1 Å². The Morgan fingerprint density at radius 3 is 2.16 bits per heavy atom. The Balaban J connectivity index is 1.86. The number of amides is 1. The van der Waals surface area contributed by atoms with Crippen LogP contribution in [-0.2, 0) is 0 Å². The maximum Gasteiger partial charge on any atom is 0.343 e. The Labute approximate surface area is 148 Å². The molecule has 2 rings (SSSR count). The van der Waals surface area contributed by atoms with Gasteiger partial charge in [0.15, 0.2) is 0 Å². The molecule has 1 amide bonds. The molecule has 5 heteroatoms. The molecule has 2 aromatic rings. The molecule has 0 bridgehead atoms. The molecule has 0 aliphatic carbocycles. The van der Waals surface area contributed by atoms with E-state index in [1.54, 1.807) is 48.5 Å². The zero-order valence-electron chi connectivity index (χ0n) is 14.7. The van der Waals surface area contributed by atoms with Crippen molar-refractivity contribution in [3.8, 4) is 5.75 Å². The predicted molar refractivity (Wildman–Crippen MR) is 98.0 cm³/mol. The minimum atomic E-state index is -0.419. The van der Waals surface area contributed by atoms with E-state index in [2.05, 4.69) is 24.1 Å². The summed E-state index contributed by atoms with van der Waals surface area (Å²) in [4.78, 5) is 26.4. The van der Waals surface area contributed by atoms with Gasteiger partial charge in [0.25, 0.3) is 5.91 Å². The summed E-state index contributed by atoms with van der Waals surface area (Å²) < 4.78 is 5.30. The topological polar surface area (TPSA) is 58.6 Å². The molecule has 0 radical (unpaired) electrons. The van der Waals surface area contributed by atoms with Crippen molar-refractivity contribution in [2.24, 2.45) is 0 Å². The summed E-state index contributed by atoms with van der Waals surface area (Å²) in [6.07, 6.45) is 0. The average Bonchev–Trinajstić information content (AvgIpc) is 2.66. The van der Waals surface area contributed by atoms with E-state index < -0.39 is 5.97 Å². The fourth-order valence-corrected chi connectivity index (χ4v) is 2.38. The molecule has 0 atom stereocenters. The maximum atomic E-state index is 12.1. The highest BCUT2D eigenvalue weighted by molar-refractivity contribution is 5.94. The number of likely N-dealkylation sites (N-methyl/N-ethyl adjacent to an activating group) is 1. The number of rotatable bonds is 8. The molecule has 0 unspecified atom stereocenters. The monoisotopic (exact) mass is 340 g/mol. The van der Waals surface area contributed by atoms with Gasteiger partial charge in [-0.2, -0.15) is 0 Å². The van der Waals surface area contributed by atoms with Crippen molar-refractivity contribution in [2.75, 3.05) is 26.2 Å². The first-order chi connectivity index (χ1) is 12.1. The van der Waals surface area contributed by atoms with E-state index in [0.717, 1.165) is 19.6 Å². The van der Waals surface area contributed by atoms with E-state index in [-0.39, 0.29) is 5.91 Å². The summed E-state index contributed by atoms with van der Waals surface area (Å²) in [5.41, 5.74) is 1.03. The standard InChI is InChI=1S/C20H24N2O3/c1-3-22(4-2)15-14-21-19(23)16-10-12-18(13-11-16)25-20(24)17-8-6-5-7-9-17/h5-13H,3-4,14-15H2,1-2H3,(H,21,23). The Morgan fingerprint density at radius 2 is 1.56 bits per heavy atom. The summed E-state index contributed by atoms with van der Waals surface area (Å²) >= 11 is 0. The molecular formula is C20H24N2O3. The van der Waals surface area contributed by atoms with Gasteiger partial charge in [0.1, 0.15) is 5.75 Å². The first kappa shape index (κ1) is 18.7. The van der Waals surface area contributed by atoms with Gasteiger partial charge in [-0.05, 0) is 49.5 Å². The highest BCUT2D eigenvalue weighted by Gasteiger charge is 2.09. The van der Waals surface area contributed by atoms with Crippen LogP contribution in [0.25, 0.3) is 0 Å². The van der Waals surface area contributed by atoms with E-state index in [4.69, 9.17) is 4.74 Å². The van der Waals surface area contributed by atoms with E-state index >= 15 is 0 Å². The lowest BCUT2D eigenvalue weighted by Crippen LogP contribution is -2.34. The van der Waals surface area contributed by atoms with Crippen molar-refractivity contribution in [1.29, 1.82) is 0 Å². The molecule has 0 saturated carbocycles. The lowest BCUT2D eigenvalue weighted by Gasteiger charge is -2.17. The average molecular weight is 340 g/mol. The number of carbonyl (C=O) groups is 2. The third kappa shape index (κ3) is 5.72. The van der Waals surface area contributed by atoms with Gasteiger partial charge in [0, 0.05) is 18.7 Å². The fraction of sp³-hybridized carbons (Fsp3) is 0.300. The summed E-state index contributed by atoms with van der Waals surface area (Å²) in [5, 5.41) is 2.90. The zero-order valence-corrected chi connectivity index (χ0v) is 14.7. The predicted octanol–water partition coefficient (Wildman–Crippen LogP) is 2.98. The fourth-order valence-electron chi connectivity index (χ4n) is 2.38. The van der Waals surface area contributed by atoms with Crippen LogP contribution in [0.15, 0.2) is 54.6 Å². The van der Waals surface area contributed by atoms with Gasteiger partial charge in [0.05, 0.1) is 5.56 Å². The van der Waals surface area contributed by atoms with Crippen LogP contribution in [-0.4, -0.2) is 43.0 Å². The second-order valence-corrected chi connectivity index (χ2v) is 5.56. The number of nitrogens with one attached hydrogen (secondary N) is 1. The number of hydrogen-bond acceptors (Lipinski definition) is 4. The number of carbonyl (C=O) groups excluding carboxylic acids is 2. The van der Waals surface area contributed by atoms with E-state index in [9.17, 15) is 9.59 Å². The Kier molecular flexibility index (Phi) is 7.16. The third-order valence-electron chi connectivity index (χ3n) is 3.94. The lowest BCUT2D eigenvalue weighted by molar-refractivity contribution is 0.0734. The van der Waals surface area contributed by atoms with Crippen LogP contribution in [0.4, 0.5) is 0 Å². The van der Waals surface area contributed by atoms with Crippen molar-refractivity contribution >= 4 is 11.9 Å². The third-order valence-corrected chi connectivity index (χ3v) is 3.94. The maximum absolute atomic E-state index is 12.1. The highest BCUT2D eigenvalue weighted by Crippen LogP contribution is 2.14. The van der Waals surface area contributed by atoms with Crippen LogP contribution in [0.2, 0.25) is 0 Å². The van der Waals surface area contributed by atoms with Crippen LogP contribution in [0, 0.1) is 0 Å². The van der Waals surface area contributed by atoms with Crippen molar-refractivity contribution in [3.63, 3.8) is 0 Å². The van der Waals surface area contributed by atoms with E-state index in [1.165, 1.54) is 0 Å². The number of nitrogens with zero attached hydrogens (tertiary/aromatic N) is 1. The minimum Gasteiger partial charge on any atom is -0.423 e. The van der Waals surface area contributed by atoms with Gasteiger partial charge in [0.2, 0.25) is 0 Å². The molecule has 0 aliphatic rings. The lowest BCUT2D eigenvalue weighted by atomic mass is 10.2. The van der Waals surface area contributed by atoms with Gasteiger partial charge in [-0.25, -0.2) is 4.79 Å². The molecule has 0 heterocycles. The van der Waals surface area contributed by atoms with Crippen LogP contribution in [0.5, 0.6) is 5.75 Å². The van der Waals surface area contributed by atoms with Gasteiger partial charge >= 0.3 is 5.97 Å². The molecule has 2 aromatic carbocycles. The van der Waals surface area contributed by atoms with Crippen molar-refractivity contribution in [2.45, 2.75) is 13.8 Å². The quantitative estimate of drug-likeness (QED) is 0.593. The number of esters is 1. The van der Waals surface area contributed by atoms with Crippen molar-refractivity contribution in [3.05, 3.63) is 65.7 Å². The van der Waals surface area contributed by atoms with Crippen molar-refractivity contribution < 1.29 is 14.3 Å². The second kappa shape index (κ2) is 9.59. The SMILES string of the molecule is CCN(CC)CCNC(=O)c1ccc(OC(=O)c2ccccc2)cc1. The molecule has 1 N–H and O–H groups in total. The minimum absolute atomic E-state index is 0.131. The Bertz CT molecular complexity index is 680. The number of ether oxygens (including phenoxy) is 1. The highest BCUT2D eigenvalue weighted by atomic mass is 16.5. The Morgan fingerprint density at radius 1 is 0.920 bits per heavy atom. The Hall–Kier alpha value is -2.66. The molecule has 5 nitrogen and oxygen atoms in total. The molecule has 132 valence electrons. The molecule has 0 aliphatic heterocycles. The largest absolute Gasteiger partial charge is 0.423 e. The van der Waals surface area contributed by atoms with Gasteiger partial charge in [-0.15, -0.1) is 0 Å². The van der Waals surface area contributed by atoms with E-state index in [1.807, 2.05) is 6.07 Å². The van der Waals surface area contributed by atoms with Crippen LogP contribution in [0.1, 0.15) is 34.6 Å². The number of hydrogen-bond donors (Lipinski definition) is 1. The number of benzene rings is 2. The summed E-state index contributed by atoms with van der Waals surface area (Å²) in [6.45, 7) is 7.56. The van der Waals surface area contributed by atoms with Crippen LogP contribution in [0.3, 0.4) is 0 Å².